The van der Waals surface area contributed by atoms with Crippen LogP contribution in [-0.4, -0.2) is 44.5 Å². The Kier molecular flexibility index (Phi) is 6.64. The van der Waals surface area contributed by atoms with E-state index in [-0.39, 0.29) is 30.5 Å². The predicted octanol–water partition coefficient (Wildman–Crippen LogP) is 2.99. The molecule has 1 atom stereocenters. The van der Waals surface area contributed by atoms with E-state index in [0.29, 0.717) is 18.6 Å². The van der Waals surface area contributed by atoms with E-state index in [1.165, 1.54) is 40.7 Å². The van der Waals surface area contributed by atoms with Crippen molar-refractivity contribution in [3.8, 4) is 5.75 Å². The first-order chi connectivity index (χ1) is 13.5. The van der Waals surface area contributed by atoms with Gasteiger partial charge in [0, 0.05) is 6.54 Å². The second-order valence-electron chi connectivity index (χ2n) is 6.41. The number of halogens is 1. The van der Waals surface area contributed by atoms with E-state index in [9.17, 15) is 17.6 Å². The lowest BCUT2D eigenvalue weighted by atomic mass is 10.1. The van der Waals surface area contributed by atoms with Gasteiger partial charge in [-0.05, 0) is 55.7 Å². The first kappa shape index (κ1) is 20.3. The molecule has 0 radical (unpaired) electrons. The third-order valence-electron chi connectivity index (χ3n) is 4.49. The Morgan fingerprint density at radius 3 is 2.46 bits per heavy atom. The molecular formula is C20H22FNO5S. The quantitative estimate of drug-likeness (QED) is 0.521. The Bertz CT molecular complexity index is 887. The molecule has 0 aromatic heterocycles. The van der Waals surface area contributed by atoms with Gasteiger partial charge in [-0.2, -0.15) is 4.31 Å². The second-order valence-corrected chi connectivity index (χ2v) is 8.30. The summed E-state index contributed by atoms with van der Waals surface area (Å²) >= 11 is 0. The van der Waals surface area contributed by atoms with E-state index in [0.717, 1.165) is 6.42 Å². The number of sulfonamides is 1. The third-order valence-corrected chi connectivity index (χ3v) is 6.41. The average molecular weight is 407 g/mol. The molecule has 0 saturated carbocycles. The molecule has 1 heterocycles. The van der Waals surface area contributed by atoms with Crippen molar-refractivity contribution in [2.24, 2.45) is 0 Å². The number of hydrogen-bond acceptors (Lipinski definition) is 5. The van der Waals surface area contributed by atoms with Gasteiger partial charge in [-0.1, -0.05) is 18.2 Å². The molecule has 1 fully saturated rings. The highest BCUT2D eigenvalue weighted by molar-refractivity contribution is 7.89. The van der Waals surface area contributed by atoms with Gasteiger partial charge in [-0.3, -0.25) is 4.79 Å². The lowest BCUT2D eigenvalue weighted by molar-refractivity contribution is -0.149. The van der Waals surface area contributed by atoms with E-state index in [4.69, 9.17) is 9.47 Å². The molecule has 28 heavy (non-hydrogen) atoms. The predicted molar refractivity (Wildman–Crippen MR) is 101 cm³/mol. The Labute approximate surface area is 163 Å². The maximum absolute atomic E-state index is 12.9. The molecule has 0 N–H and O–H groups in total. The molecule has 0 aliphatic carbocycles. The minimum atomic E-state index is -3.77. The second kappa shape index (κ2) is 9.16. The standard InChI is InChI=1S/C20H22FNO5S/c21-16-9-11-17(12-10-16)26-14-15-27-20(23)19-8-4-5-13-22(19)28(24,25)18-6-2-1-3-7-18/h1-3,6-7,9-12,19H,4-5,8,13-15H2/t19-/m0/s1. The number of nitrogens with zero attached hydrogens (tertiary/aromatic N) is 1. The largest absolute Gasteiger partial charge is 0.490 e. The van der Waals surface area contributed by atoms with Crippen LogP contribution in [0.15, 0.2) is 59.5 Å². The van der Waals surface area contributed by atoms with E-state index in [2.05, 4.69) is 0 Å². The summed E-state index contributed by atoms with van der Waals surface area (Å²) in [7, 11) is -3.77. The van der Waals surface area contributed by atoms with Crippen molar-refractivity contribution in [1.82, 2.24) is 4.31 Å². The van der Waals surface area contributed by atoms with Gasteiger partial charge in [-0.15, -0.1) is 0 Å². The van der Waals surface area contributed by atoms with E-state index < -0.39 is 22.0 Å². The van der Waals surface area contributed by atoms with Crippen molar-refractivity contribution in [1.29, 1.82) is 0 Å². The van der Waals surface area contributed by atoms with Gasteiger partial charge < -0.3 is 9.47 Å². The van der Waals surface area contributed by atoms with Gasteiger partial charge in [-0.25, -0.2) is 12.8 Å². The van der Waals surface area contributed by atoms with E-state index >= 15 is 0 Å². The van der Waals surface area contributed by atoms with Gasteiger partial charge >= 0.3 is 5.97 Å². The highest BCUT2D eigenvalue weighted by Gasteiger charge is 2.38. The summed E-state index contributed by atoms with van der Waals surface area (Å²) in [4.78, 5) is 12.7. The number of hydrogen-bond donors (Lipinski definition) is 0. The summed E-state index contributed by atoms with van der Waals surface area (Å²) in [5, 5.41) is 0. The molecule has 1 aliphatic rings. The van der Waals surface area contributed by atoms with Gasteiger partial charge in [0.1, 0.15) is 30.8 Å². The molecule has 3 rings (SSSR count). The molecular weight excluding hydrogens is 385 g/mol. The number of benzene rings is 2. The lowest BCUT2D eigenvalue weighted by Crippen LogP contribution is -2.48. The topological polar surface area (TPSA) is 72.9 Å². The van der Waals surface area contributed by atoms with Crippen LogP contribution in [0.25, 0.3) is 0 Å². The third kappa shape index (κ3) is 4.88. The van der Waals surface area contributed by atoms with Crippen LogP contribution in [0.2, 0.25) is 0 Å². The lowest BCUT2D eigenvalue weighted by Gasteiger charge is -2.33. The zero-order valence-electron chi connectivity index (χ0n) is 15.3. The fourth-order valence-corrected chi connectivity index (χ4v) is 4.75. The van der Waals surface area contributed by atoms with Crippen LogP contribution in [0.1, 0.15) is 19.3 Å². The maximum atomic E-state index is 12.9. The van der Waals surface area contributed by atoms with Crippen molar-refractivity contribution in [3.63, 3.8) is 0 Å². The van der Waals surface area contributed by atoms with Crippen LogP contribution in [0.5, 0.6) is 5.75 Å². The van der Waals surface area contributed by atoms with Crippen LogP contribution in [0.4, 0.5) is 4.39 Å². The molecule has 1 aliphatic heterocycles. The van der Waals surface area contributed by atoms with Crippen LogP contribution >= 0.6 is 0 Å². The molecule has 2 aromatic carbocycles. The van der Waals surface area contributed by atoms with Crippen molar-refractivity contribution >= 4 is 16.0 Å². The zero-order valence-corrected chi connectivity index (χ0v) is 16.1. The number of rotatable bonds is 7. The number of ether oxygens (including phenoxy) is 2. The zero-order chi connectivity index (χ0) is 20.0. The Balaban J connectivity index is 1.58. The van der Waals surface area contributed by atoms with Gasteiger partial charge in [0.2, 0.25) is 10.0 Å². The number of esters is 1. The highest BCUT2D eigenvalue weighted by Crippen LogP contribution is 2.26. The first-order valence-corrected chi connectivity index (χ1v) is 10.5. The number of carbonyl (C=O) groups is 1. The van der Waals surface area contributed by atoms with Crippen LogP contribution < -0.4 is 4.74 Å². The smallest absolute Gasteiger partial charge is 0.324 e. The van der Waals surface area contributed by atoms with Crippen molar-refractivity contribution < 1.29 is 27.1 Å². The molecule has 8 heteroatoms. The fourth-order valence-electron chi connectivity index (χ4n) is 3.08. The molecule has 0 unspecified atom stereocenters. The summed E-state index contributed by atoms with van der Waals surface area (Å²) in [5.41, 5.74) is 0. The minimum Gasteiger partial charge on any atom is -0.490 e. The summed E-state index contributed by atoms with van der Waals surface area (Å²) in [6.45, 7) is 0.352. The number of piperidine rings is 1. The average Bonchev–Trinajstić information content (AvgIpc) is 2.73. The Hall–Kier alpha value is -2.45. The SMILES string of the molecule is O=C(OCCOc1ccc(F)cc1)[C@@H]1CCCCN1S(=O)(=O)c1ccccc1. The van der Waals surface area contributed by atoms with Crippen molar-refractivity contribution in [2.75, 3.05) is 19.8 Å². The molecule has 150 valence electrons. The molecule has 0 spiro atoms. The summed E-state index contributed by atoms with van der Waals surface area (Å²) in [5.74, 6) is -0.485. The summed E-state index contributed by atoms with van der Waals surface area (Å²) < 4.78 is 50.5. The monoisotopic (exact) mass is 407 g/mol. The van der Waals surface area contributed by atoms with E-state index in [1.54, 1.807) is 18.2 Å². The van der Waals surface area contributed by atoms with Crippen LogP contribution in [0, 0.1) is 5.82 Å². The van der Waals surface area contributed by atoms with Crippen molar-refractivity contribution in [2.45, 2.75) is 30.2 Å². The normalized spacial score (nSPS) is 17.8. The first-order valence-electron chi connectivity index (χ1n) is 9.10. The van der Waals surface area contributed by atoms with Gasteiger partial charge in [0.05, 0.1) is 4.90 Å². The fraction of sp³-hybridized carbons (Fsp3) is 0.350. The van der Waals surface area contributed by atoms with E-state index in [1.807, 2.05) is 0 Å². The molecule has 1 saturated heterocycles. The molecule has 6 nitrogen and oxygen atoms in total. The Morgan fingerprint density at radius 2 is 1.75 bits per heavy atom. The summed E-state index contributed by atoms with van der Waals surface area (Å²) in [6.07, 6.45) is 1.87. The van der Waals surface area contributed by atoms with Crippen molar-refractivity contribution in [3.05, 3.63) is 60.4 Å². The minimum absolute atomic E-state index is 0.0219. The Morgan fingerprint density at radius 1 is 1.04 bits per heavy atom. The maximum Gasteiger partial charge on any atom is 0.324 e. The van der Waals surface area contributed by atoms with Crippen LogP contribution in [-0.2, 0) is 19.6 Å². The van der Waals surface area contributed by atoms with Gasteiger partial charge in [0.15, 0.2) is 0 Å². The van der Waals surface area contributed by atoms with Gasteiger partial charge in [0.25, 0.3) is 0 Å². The summed E-state index contributed by atoms with van der Waals surface area (Å²) in [6, 6.07) is 12.7. The molecule has 0 bridgehead atoms. The molecule has 2 aromatic rings. The van der Waals surface area contributed by atoms with Crippen LogP contribution in [0.3, 0.4) is 0 Å². The molecule has 0 amide bonds. The highest BCUT2D eigenvalue weighted by atomic mass is 32.2. The number of carbonyl (C=O) groups excluding carboxylic acids is 1.